The summed E-state index contributed by atoms with van der Waals surface area (Å²) < 4.78 is 0. The van der Waals surface area contributed by atoms with Crippen LogP contribution in [0.25, 0.3) is 0 Å². The smallest absolute Gasteiger partial charge is 0.230 e. The molecular weight excluding hydrogens is 375 g/mol. The number of thiazole rings is 1. The van der Waals surface area contributed by atoms with Crippen LogP contribution in [0.4, 0.5) is 5.13 Å². The Morgan fingerprint density at radius 2 is 1.92 bits per heavy atom. The summed E-state index contributed by atoms with van der Waals surface area (Å²) in [5, 5.41) is 4.80. The Bertz CT molecular complexity index is 894. The maximum atomic E-state index is 12.2. The summed E-state index contributed by atoms with van der Waals surface area (Å²) in [6.07, 6.45) is 0.965. The number of hydrogen-bond donors (Lipinski definition) is 1. The van der Waals surface area contributed by atoms with Crippen molar-refractivity contribution in [1.29, 1.82) is 0 Å². The molecule has 2 aromatic carbocycles. The number of nitrogens with zero attached hydrogens (tertiary/aromatic N) is 1. The lowest BCUT2D eigenvalue weighted by molar-refractivity contribution is -0.115. The van der Waals surface area contributed by atoms with Crippen molar-refractivity contribution in [2.45, 2.75) is 19.8 Å². The van der Waals surface area contributed by atoms with Crippen molar-refractivity contribution < 1.29 is 4.79 Å². The lowest BCUT2D eigenvalue weighted by Gasteiger charge is -2.03. The third-order valence-corrected chi connectivity index (χ3v) is 5.38. The van der Waals surface area contributed by atoms with Crippen molar-refractivity contribution in [2.75, 3.05) is 5.32 Å². The topological polar surface area (TPSA) is 42.0 Å². The minimum absolute atomic E-state index is 0.0766. The van der Waals surface area contributed by atoms with Gasteiger partial charge in [-0.3, -0.25) is 4.79 Å². The number of carbonyl (C=O) groups excluding carboxylic acids is 1. The molecule has 128 valence electrons. The van der Waals surface area contributed by atoms with E-state index in [4.69, 9.17) is 23.2 Å². The van der Waals surface area contributed by atoms with Gasteiger partial charge in [0.1, 0.15) is 0 Å². The summed E-state index contributed by atoms with van der Waals surface area (Å²) in [6, 6.07) is 15.0. The van der Waals surface area contributed by atoms with Gasteiger partial charge < -0.3 is 5.32 Å². The van der Waals surface area contributed by atoms with Crippen LogP contribution in [0.5, 0.6) is 0 Å². The van der Waals surface area contributed by atoms with Gasteiger partial charge in [0.2, 0.25) is 5.91 Å². The predicted octanol–water partition coefficient (Wildman–Crippen LogP) is 5.53. The van der Waals surface area contributed by atoms with E-state index in [0.717, 1.165) is 21.7 Å². The predicted molar refractivity (Wildman–Crippen MR) is 105 cm³/mol. The van der Waals surface area contributed by atoms with Gasteiger partial charge in [-0.05, 0) is 36.2 Å². The van der Waals surface area contributed by atoms with Crippen LogP contribution < -0.4 is 5.32 Å². The van der Waals surface area contributed by atoms with Crippen LogP contribution in [0, 0.1) is 6.92 Å². The Morgan fingerprint density at radius 1 is 1.16 bits per heavy atom. The minimum Gasteiger partial charge on any atom is -0.302 e. The number of hydrogen-bond acceptors (Lipinski definition) is 3. The Hall–Kier alpha value is -1.88. The lowest BCUT2D eigenvalue weighted by Crippen LogP contribution is -2.14. The van der Waals surface area contributed by atoms with Gasteiger partial charge in [-0.2, -0.15) is 0 Å². The first-order valence-corrected chi connectivity index (χ1v) is 9.32. The van der Waals surface area contributed by atoms with Crippen molar-refractivity contribution in [3.8, 4) is 0 Å². The zero-order valence-electron chi connectivity index (χ0n) is 13.6. The number of aryl methyl sites for hydroxylation is 1. The minimum atomic E-state index is -0.0766. The summed E-state index contributed by atoms with van der Waals surface area (Å²) >= 11 is 13.7. The molecule has 0 aliphatic rings. The molecule has 0 aliphatic carbocycles. The average Bonchev–Trinajstić information content (AvgIpc) is 2.91. The molecule has 0 spiro atoms. The SMILES string of the molecule is Cc1nc(NC(=O)Cc2ccccc2)sc1Cc1cc(Cl)ccc1Cl. The van der Waals surface area contributed by atoms with E-state index in [1.807, 2.05) is 43.3 Å². The first-order chi connectivity index (χ1) is 12.0. The molecule has 0 unspecified atom stereocenters. The van der Waals surface area contributed by atoms with Crippen LogP contribution in [0.3, 0.4) is 0 Å². The molecule has 25 heavy (non-hydrogen) atoms. The van der Waals surface area contributed by atoms with Crippen LogP contribution in [-0.4, -0.2) is 10.9 Å². The standard InChI is InChI=1S/C19H16Cl2N2OS/c1-12-17(11-14-10-15(20)7-8-16(14)21)25-19(22-12)23-18(24)9-13-5-3-2-4-6-13/h2-8,10H,9,11H2,1H3,(H,22,23,24). The Labute approximate surface area is 160 Å². The average molecular weight is 391 g/mol. The lowest BCUT2D eigenvalue weighted by atomic mass is 10.1. The van der Waals surface area contributed by atoms with Crippen LogP contribution in [0.15, 0.2) is 48.5 Å². The van der Waals surface area contributed by atoms with E-state index in [1.165, 1.54) is 11.3 Å². The van der Waals surface area contributed by atoms with E-state index in [0.29, 0.717) is 28.0 Å². The maximum Gasteiger partial charge on any atom is 0.230 e. The highest BCUT2D eigenvalue weighted by Crippen LogP contribution is 2.29. The number of amides is 1. The highest BCUT2D eigenvalue weighted by molar-refractivity contribution is 7.15. The molecule has 1 N–H and O–H groups in total. The summed E-state index contributed by atoms with van der Waals surface area (Å²) in [4.78, 5) is 17.7. The van der Waals surface area contributed by atoms with Crippen molar-refractivity contribution >= 4 is 45.6 Å². The summed E-state index contributed by atoms with van der Waals surface area (Å²) in [6.45, 7) is 1.93. The number of anilines is 1. The van der Waals surface area contributed by atoms with E-state index in [-0.39, 0.29) is 5.91 Å². The Morgan fingerprint density at radius 3 is 2.68 bits per heavy atom. The zero-order valence-corrected chi connectivity index (χ0v) is 15.9. The van der Waals surface area contributed by atoms with Gasteiger partial charge in [0.05, 0.1) is 12.1 Å². The molecule has 3 aromatic rings. The van der Waals surface area contributed by atoms with Gasteiger partial charge in [0.25, 0.3) is 0 Å². The molecule has 0 radical (unpaired) electrons. The van der Waals surface area contributed by atoms with Crippen LogP contribution in [0.1, 0.15) is 21.7 Å². The first kappa shape index (κ1) is 17.9. The fourth-order valence-electron chi connectivity index (χ4n) is 2.44. The van der Waals surface area contributed by atoms with Gasteiger partial charge in [-0.25, -0.2) is 4.98 Å². The van der Waals surface area contributed by atoms with Gasteiger partial charge in [0.15, 0.2) is 5.13 Å². The summed E-state index contributed by atoms with van der Waals surface area (Å²) in [5.74, 6) is -0.0766. The molecule has 0 bridgehead atoms. The zero-order chi connectivity index (χ0) is 17.8. The molecule has 0 fully saturated rings. The van der Waals surface area contributed by atoms with Gasteiger partial charge in [-0.15, -0.1) is 11.3 Å². The third-order valence-electron chi connectivity index (χ3n) is 3.71. The molecule has 0 atom stereocenters. The number of carbonyl (C=O) groups is 1. The third kappa shape index (κ3) is 4.82. The molecule has 1 aromatic heterocycles. The molecular formula is C19H16Cl2N2OS. The number of aromatic nitrogens is 1. The van der Waals surface area contributed by atoms with Gasteiger partial charge >= 0.3 is 0 Å². The van der Waals surface area contributed by atoms with E-state index < -0.39 is 0 Å². The Balaban J connectivity index is 1.70. The Kier molecular flexibility index (Phi) is 5.74. The van der Waals surface area contributed by atoms with E-state index >= 15 is 0 Å². The number of benzene rings is 2. The second-order valence-corrected chi connectivity index (χ2v) is 7.58. The molecule has 0 saturated heterocycles. The van der Waals surface area contributed by atoms with Crippen LogP contribution >= 0.6 is 34.5 Å². The van der Waals surface area contributed by atoms with Crippen molar-refractivity contribution in [3.05, 3.63) is 80.3 Å². The normalized spacial score (nSPS) is 10.7. The number of halogens is 2. The van der Waals surface area contributed by atoms with Crippen LogP contribution in [-0.2, 0) is 17.6 Å². The molecule has 0 aliphatic heterocycles. The van der Waals surface area contributed by atoms with Gasteiger partial charge in [-0.1, -0.05) is 53.5 Å². The monoisotopic (exact) mass is 390 g/mol. The fraction of sp³-hybridized carbons (Fsp3) is 0.158. The van der Waals surface area contributed by atoms with E-state index in [9.17, 15) is 4.79 Å². The largest absolute Gasteiger partial charge is 0.302 e. The number of rotatable bonds is 5. The molecule has 3 rings (SSSR count). The fourth-order valence-corrected chi connectivity index (χ4v) is 3.82. The molecule has 0 saturated carbocycles. The van der Waals surface area contributed by atoms with Crippen molar-refractivity contribution in [3.63, 3.8) is 0 Å². The molecule has 1 heterocycles. The van der Waals surface area contributed by atoms with Gasteiger partial charge in [0, 0.05) is 21.3 Å². The van der Waals surface area contributed by atoms with E-state index in [1.54, 1.807) is 12.1 Å². The quantitative estimate of drug-likeness (QED) is 0.621. The highest BCUT2D eigenvalue weighted by atomic mass is 35.5. The molecule has 1 amide bonds. The molecule has 6 heteroatoms. The number of nitrogens with one attached hydrogen (secondary N) is 1. The molecule has 3 nitrogen and oxygen atoms in total. The van der Waals surface area contributed by atoms with Crippen molar-refractivity contribution in [2.24, 2.45) is 0 Å². The second-order valence-electron chi connectivity index (χ2n) is 5.65. The second kappa shape index (κ2) is 8.00. The first-order valence-electron chi connectivity index (χ1n) is 7.75. The van der Waals surface area contributed by atoms with E-state index in [2.05, 4.69) is 10.3 Å². The summed E-state index contributed by atoms with van der Waals surface area (Å²) in [5.41, 5.74) is 2.80. The summed E-state index contributed by atoms with van der Waals surface area (Å²) in [7, 11) is 0. The van der Waals surface area contributed by atoms with Crippen molar-refractivity contribution in [1.82, 2.24) is 4.98 Å². The highest BCUT2D eigenvalue weighted by Gasteiger charge is 2.13. The maximum absolute atomic E-state index is 12.2. The van der Waals surface area contributed by atoms with Crippen LogP contribution in [0.2, 0.25) is 10.0 Å².